The minimum atomic E-state index is -1.69. The number of benzene rings is 3. The van der Waals surface area contributed by atoms with Crippen molar-refractivity contribution < 1.29 is 0 Å². The van der Waals surface area contributed by atoms with E-state index >= 15 is 0 Å². The van der Waals surface area contributed by atoms with Gasteiger partial charge in [-0.1, -0.05) is 0 Å². The van der Waals surface area contributed by atoms with Gasteiger partial charge in [0.25, 0.3) is 0 Å². The first-order chi connectivity index (χ1) is 10.7. The van der Waals surface area contributed by atoms with Crippen LogP contribution in [0.2, 0.25) is 0 Å². The molecule has 0 unspecified atom stereocenters. The van der Waals surface area contributed by atoms with Crippen molar-refractivity contribution in [1.29, 1.82) is 0 Å². The first-order valence-corrected chi connectivity index (χ1v) is 10.9. The molecule has 0 N–H and O–H groups in total. The average Bonchev–Trinajstić information content (AvgIpc) is 2.58. The Labute approximate surface area is 134 Å². The number of hydrogen-bond acceptors (Lipinski definition) is 0. The minimum absolute atomic E-state index is 0.470. The van der Waals surface area contributed by atoms with E-state index in [1.54, 1.807) is 0 Å². The van der Waals surface area contributed by atoms with Crippen molar-refractivity contribution in [3.05, 3.63) is 102 Å². The van der Waals surface area contributed by atoms with E-state index in [1.807, 2.05) is 0 Å². The second-order valence-electron chi connectivity index (χ2n) is 6.34. The van der Waals surface area contributed by atoms with Gasteiger partial charge in [0.1, 0.15) is 0 Å². The van der Waals surface area contributed by atoms with Crippen LogP contribution in [0.15, 0.2) is 91.0 Å². The fourth-order valence-electron chi connectivity index (χ4n) is 3.35. The van der Waals surface area contributed by atoms with Gasteiger partial charge in [0.15, 0.2) is 0 Å². The quantitative estimate of drug-likeness (QED) is 0.588. The van der Waals surface area contributed by atoms with Gasteiger partial charge in [-0.05, 0) is 0 Å². The third-order valence-corrected chi connectivity index (χ3v) is 8.44. The van der Waals surface area contributed by atoms with Gasteiger partial charge in [0.05, 0.1) is 0 Å². The molecule has 0 spiro atoms. The topological polar surface area (TPSA) is 0 Å². The molecule has 3 rings (SSSR count). The molecule has 0 saturated carbocycles. The van der Waals surface area contributed by atoms with Crippen LogP contribution >= 0.6 is 7.26 Å². The molecule has 0 aliphatic carbocycles. The summed E-state index contributed by atoms with van der Waals surface area (Å²) in [5.41, 5.74) is 3.32. The Morgan fingerprint density at radius 1 is 0.545 bits per heavy atom. The fourth-order valence-corrected chi connectivity index (χ4v) is 6.79. The molecule has 112 valence electrons. The Morgan fingerprint density at radius 3 is 1.32 bits per heavy atom. The van der Waals surface area contributed by atoms with Gasteiger partial charge >= 0.3 is 134 Å². The third-order valence-electron chi connectivity index (χ3n) is 4.51. The standard InChI is InChI=1S/C21H23P/c1-22(2,20-16-10-5-11-17-20)21(18-12-6-3-7-13-18)19-14-8-4-9-15-19/h3-17,21-22H,1-2H3. The first-order valence-electron chi connectivity index (χ1n) is 7.85. The molecule has 0 aromatic heterocycles. The summed E-state index contributed by atoms with van der Waals surface area (Å²) >= 11 is 0. The molecule has 0 radical (unpaired) electrons. The molecule has 0 nitrogen and oxygen atoms in total. The van der Waals surface area contributed by atoms with E-state index in [-0.39, 0.29) is 0 Å². The SMILES string of the molecule is C[PH](C)(c1ccccc1)C(c1ccccc1)c1ccccc1. The number of hydrogen-bond donors (Lipinski definition) is 0. The summed E-state index contributed by atoms with van der Waals surface area (Å²) in [7, 11) is -1.69. The third kappa shape index (κ3) is 2.98. The summed E-state index contributed by atoms with van der Waals surface area (Å²) in [6.45, 7) is 4.96. The van der Waals surface area contributed by atoms with Crippen LogP contribution < -0.4 is 5.30 Å². The van der Waals surface area contributed by atoms with Crippen LogP contribution in [-0.2, 0) is 0 Å². The average molecular weight is 306 g/mol. The van der Waals surface area contributed by atoms with Crippen LogP contribution in [0.25, 0.3) is 0 Å². The zero-order valence-electron chi connectivity index (χ0n) is 13.2. The van der Waals surface area contributed by atoms with Crippen molar-refractivity contribution in [3.8, 4) is 0 Å². The Hall–Kier alpha value is -1.91. The van der Waals surface area contributed by atoms with Crippen LogP contribution in [-0.4, -0.2) is 13.3 Å². The molecule has 0 atom stereocenters. The van der Waals surface area contributed by atoms with Crippen molar-refractivity contribution in [2.75, 3.05) is 13.3 Å². The Bertz CT molecular complexity index is 663. The van der Waals surface area contributed by atoms with E-state index in [0.29, 0.717) is 5.66 Å². The monoisotopic (exact) mass is 306 g/mol. The van der Waals surface area contributed by atoms with Gasteiger partial charge in [0, 0.05) is 0 Å². The van der Waals surface area contributed by atoms with Crippen LogP contribution in [0.3, 0.4) is 0 Å². The second-order valence-corrected chi connectivity index (χ2v) is 10.9. The Balaban J connectivity index is 2.14. The summed E-state index contributed by atoms with van der Waals surface area (Å²) in [6, 6.07) is 32.9. The molecule has 0 fully saturated rings. The van der Waals surface area contributed by atoms with E-state index in [9.17, 15) is 0 Å². The summed E-state index contributed by atoms with van der Waals surface area (Å²) in [5.74, 6) is 0. The maximum absolute atomic E-state index is 2.48. The van der Waals surface area contributed by atoms with Crippen LogP contribution in [0.4, 0.5) is 0 Å². The van der Waals surface area contributed by atoms with Crippen molar-refractivity contribution in [3.63, 3.8) is 0 Å². The second kappa shape index (κ2) is 6.46. The molecule has 1 heteroatoms. The molecule has 0 bridgehead atoms. The first kappa shape index (κ1) is 15.0. The zero-order chi connectivity index (χ0) is 15.4. The summed E-state index contributed by atoms with van der Waals surface area (Å²) in [6.07, 6.45) is 0. The number of rotatable bonds is 4. The molecule has 0 aliphatic heterocycles. The van der Waals surface area contributed by atoms with E-state index in [0.717, 1.165) is 0 Å². The Morgan fingerprint density at radius 2 is 0.909 bits per heavy atom. The van der Waals surface area contributed by atoms with E-state index in [1.165, 1.54) is 16.4 Å². The summed E-state index contributed by atoms with van der Waals surface area (Å²) < 4.78 is 0. The van der Waals surface area contributed by atoms with Crippen LogP contribution in [0.1, 0.15) is 16.8 Å². The van der Waals surface area contributed by atoms with Crippen LogP contribution in [0, 0.1) is 0 Å². The van der Waals surface area contributed by atoms with Gasteiger partial charge in [-0.2, -0.15) is 0 Å². The summed E-state index contributed by atoms with van der Waals surface area (Å²) in [5, 5.41) is 1.51. The van der Waals surface area contributed by atoms with E-state index in [4.69, 9.17) is 0 Å². The Kier molecular flexibility index (Phi) is 4.41. The molecular formula is C21H23P. The predicted octanol–water partition coefficient (Wildman–Crippen LogP) is 5.11. The van der Waals surface area contributed by atoms with Crippen LogP contribution in [0.5, 0.6) is 0 Å². The molecule has 22 heavy (non-hydrogen) atoms. The van der Waals surface area contributed by atoms with Crippen molar-refractivity contribution in [2.45, 2.75) is 5.66 Å². The van der Waals surface area contributed by atoms with Crippen molar-refractivity contribution in [1.82, 2.24) is 0 Å². The molecule has 0 saturated heterocycles. The van der Waals surface area contributed by atoms with Gasteiger partial charge in [-0.15, -0.1) is 0 Å². The van der Waals surface area contributed by atoms with Gasteiger partial charge in [-0.25, -0.2) is 0 Å². The molecule has 0 aliphatic rings. The molecular weight excluding hydrogens is 283 g/mol. The maximum atomic E-state index is 2.48. The predicted molar refractivity (Wildman–Crippen MR) is 101 cm³/mol. The normalized spacial score (nSPS) is 12.3. The fraction of sp³-hybridized carbons (Fsp3) is 0.143. The molecule has 0 heterocycles. The van der Waals surface area contributed by atoms with Gasteiger partial charge < -0.3 is 0 Å². The van der Waals surface area contributed by atoms with Crippen molar-refractivity contribution >= 4 is 12.6 Å². The molecule has 3 aromatic carbocycles. The van der Waals surface area contributed by atoms with Gasteiger partial charge in [0.2, 0.25) is 0 Å². The molecule has 3 aromatic rings. The van der Waals surface area contributed by atoms with E-state index < -0.39 is 7.26 Å². The zero-order valence-corrected chi connectivity index (χ0v) is 14.2. The molecule has 0 amide bonds. The summed E-state index contributed by atoms with van der Waals surface area (Å²) in [4.78, 5) is 0. The van der Waals surface area contributed by atoms with Gasteiger partial charge in [-0.3, -0.25) is 0 Å². The van der Waals surface area contributed by atoms with Crippen molar-refractivity contribution in [2.24, 2.45) is 0 Å². The van der Waals surface area contributed by atoms with E-state index in [2.05, 4.69) is 104 Å².